The summed E-state index contributed by atoms with van der Waals surface area (Å²) in [5, 5.41) is 3.41. The van der Waals surface area contributed by atoms with Crippen LogP contribution in [0, 0.1) is 0 Å². The summed E-state index contributed by atoms with van der Waals surface area (Å²) in [5.74, 6) is 5.23. The van der Waals surface area contributed by atoms with E-state index in [1.807, 2.05) is 0 Å². The number of hydrogen-bond donors (Lipinski definition) is 3. The number of nitrogens with one attached hydrogen (secondary N) is 2. The van der Waals surface area contributed by atoms with Crippen LogP contribution in [-0.4, -0.2) is 36.0 Å². The Hall–Kier alpha value is -1.30. The molecular formula is C15H25ClN4O. The molecular weight excluding hydrogens is 288 g/mol. The summed E-state index contributed by atoms with van der Waals surface area (Å²) in [6, 6.07) is 5.86. The lowest BCUT2D eigenvalue weighted by Gasteiger charge is -2.30. The molecule has 0 aliphatic carbocycles. The molecule has 4 N–H and O–H groups in total. The lowest BCUT2D eigenvalue weighted by molar-refractivity contribution is 0.0940. The second-order valence-corrected chi connectivity index (χ2v) is 5.95. The number of halogens is 1. The summed E-state index contributed by atoms with van der Waals surface area (Å²) < 4.78 is 0. The van der Waals surface area contributed by atoms with Gasteiger partial charge in [0.2, 0.25) is 0 Å². The summed E-state index contributed by atoms with van der Waals surface area (Å²) in [7, 11) is 0. The second-order valence-electron chi connectivity index (χ2n) is 5.52. The monoisotopic (exact) mass is 312 g/mol. The molecule has 0 unspecified atom stereocenters. The van der Waals surface area contributed by atoms with Gasteiger partial charge in [-0.25, -0.2) is 0 Å². The van der Waals surface area contributed by atoms with Gasteiger partial charge in [-0.05, 0) is 45.9 Å². The lowest BCUT2D eigenvalue weighted by atomic mass is 10.1. The molecule has 0 fully saturated rings. The summed E-state index contributed by atoms with van der Waals surface area (Å²) in [6.45, 7) is 9.97. The third-order valence-corrected chi connectivity index (χ3v) is 3.60. The molecule has 0 aromatic heterocycles. The van der Waals surface area contributed by atoms with Gasteiger partial charge in [-0.1, -0.05) is 11.6 Å². The second kappa shape index (κ2) is 8.22. The number of anilines is 1. The number of benzene rings is 1. The van der Waals surface area contributed by atoms with Crippen LogP contribution in [0.25, 0.3) is 0 Å². The van der Waals surface area contributed by atoms with Crippen molar-refractivity contribution in [3.05, 3.63) is 28.8 Å². The molecule has 1 aromatic carbocycles. The van der Waals surface area contributed by atoms with E-state index in [1.54, 1.807) is 18.2 Å². The Balaban J connectivity index is 2.64. The van der Waals surface area contributed by atoms with Crippen molar-refractivity contribution in [2.45, 2.75) is 39.8 Å². The summed E-state index contributed by atoms with van der Waals surface area (Å²) >= 11 is 5.93. The van der Waals surface area contributed by atoms with E-state index in [9.17, 15) is 4.79 Å². The minimum Gasteiger partial charge on any atom is -0.351 e. The van der Waals surface area contributed by atoms with E-state index in [0.717, 1.165) is 6.54 Å². The molecule has 0 aliphatic heterocycles. The highest BCUT2D eigenvalue weighted by Gasteiger charge is 2.15. The molecule has 6 heteroatoms. The van der Waals surface area contributed by atoms with Gasteiger partial charge in [0.25, 0.3) is 5.91 Å². The van der Waals surface area contributed by atoms with Crippen molar-refractivity contribution in [1.82, 2.24) is 10.2 Å². The highest BCUT2D eigenvalue weighted by molar-refractivity contribution is 6.31. The Kier molecular flexibility index (Phi) is 6.95. The van der Waals surface area contributed by atoms with Gasteiger partial charge < -0.3 is 10.7 Å². The van der Waals surface area contributed by atoms with Crippen molar-refractivity contribution in [2.24, 2.45) is 5.84 Å². The van der Waals surface area contributed by atoms with Crippen molar-refractivity contribution in [1.29, 1.82) is 0 Å². The first-order chi connectivity index (χ1) is 9.86. The molecule has 118 valence electrons. The van der Waals surface area contributed by atoms with E-state index in [2.05, 4.69) is 43.3 Å². The number of carbonyl (C=O) groups is 1. The largest absolute Gasteiger partial charge is 0.351 e. The van der Waals surface area contributed by atoms with Crippen LogP contribution in [0.3, 0.4) is 0 Å². The number of nitrogen functional groups attached to an aromatic ring is 1. The molecule has 0 aliphatic rings. The first kappa shape index (κ1) is 17.8. The molecule has 5 nitrogen and oxygen atoms in total. The Morgan fingerprint density at radius 2 is 1.90 bits per heavy atom. The maximum absolute atomic E-state index is 12.2. The molecule has 1 rings (SSSR count). The Morgan fingerprint density at radius 1 is 1.29 bits per heavy atom. The molecule has 0 saturated carbocycles. The molecule has 0 atom stereocenters. The maximum atomic E-state index is 12.2. The number of rotatable bonds is 7. The van der Waals surface area contributed by atoms with Crippen LogP contribution in [0.1, 0.15) is 38.1 Å². The Bertz CT molecular complexity index is 469. The van der Waals surface area contributed by atoms with Gasteiger partial charge in [-0.2, -0.15) is 0 Å². The van der Waals surface area contributed by atoms with E-state index in [0.29, 0.717) is 34.9 Å². The minimum absolute atomic E-state index is 0.182. The molecule has 0 saturated heterocycles. The summed E-state index contributed by atoms with van der Waals surface area (Å²) in [5.41, 5.74) is 3.52. The van der Waals surface area contributed by atoms with Crippen molar-refractivity contribution < 1.29 is 4.79 Å². The van der Waals surface area contributed by atoms with Gasteiger partial charge in [-0.15, -0.1) is 0 Å². The predicted molar refractivity (Wildman–Crippen MR) is 88.6 cm³/mol. The van der Waals surface area contributed by atoms with Gasteiger partial charge in [0.1, 0.15) is 0 Å². The first-order valence-electron chi connectivity index (χ1n) is 7.17. The zero-order valence-electron chi connectivity index (χ0n) is 13.1. The topological polar surface area (TPSA) is 70.4 Å². The van der Waals surface area contributed by atoms with Crippen LogP contribution >= 0.6 is 11.6 Å². The van der Waals surface area contributed by atoms with Gasteiger partial charge in [0, 0.05) is 30.2 Å². The average molecular weight is 313 g/mol. The molecule has 1 amide bonds. The molecule has 0 bridgehead atoms. The number of hydrogen-bond acceptors (Lipinski definition) is 4. The fourth-order valence-corrected chi connectivity index (χ4v) is 2.51. The average Bonchev–Trinajstić information content (AvgIpc) is 2.42. The normalized spacial score (nSPS) is 11.3. The molecule has 0 heterocycles. The van der Waals surface area contributed by atoms with E-state index in [1.165, 1.54) is 0 Å². The van der Waals surface area contributed by atoms with Crippen molar-refractivity contribution in [3.63, 3.8) is 0 Å². The van der Waals surface area contributed by atoms with E-state index in [-0.39, 0.29) is 5.91 Å². The SMILES string of the molecule is CC(C)N(CCNC(=O)c1cc(Cl)ccc1NN)C(C)C. The smallest absolute Gasteiger partial charge is 0.253 e. The van der Waals surface area contributed by atoms with E-state index >= 15 is 0 Å². The zero-order valence-corrected chi connectivity index (χ0v) is 13.9. The zero-order chi connectivity index (χ0) is 16.0. The van der Waals surface area contributed by atoms with E-state index in [4.69, 9.17) is 17.4 Å². The van der Waals surface area contributed by atoms with Gasteiger partial charge in [0.05, 0.1) is 11.3 Å². The number of nitrogens with two attached hydrogens (primary N) is 1. The highest BCUT2D eigenvalue weighted by Crippen LogP contribution is 2.19. The number of hydrazine groups is 1. The standard InChI is InChI=1S/C15H25ClN4O/c1-10(2)20(11(3)4)8-7-18-15(21)13-9-12(16)5-6-14(13)19-17/h5-6,9-11,19H,7-8,17H2,1-4H3,(H,18,21). The third kappa shape index (κ3) is 5.19. The van der Waals surface area contributed by atoms with Crippen LogP contribution in [-0.2, 0) is 0 Å². The number of amides is 1. The Morgan fingerprint density at radius 3 is 2.43 bits per heavy atom. The maximum Gasteiger partial charge on any atom is 0.253 e. The quantitative estimate of drug-likeness (QED) is 0.534. The molecule has 1 aromatic rings. The lowest BCUT2D eigenvalue weighted by Crippen LogP contribution is -2.42. The van der Waals surface area contributed by atoms with Gasteiger partial charge in [-0.3, -0.25) is 15.5 Å². The van der Waals surface area contributed by atoms with E-state index < -0.39 is 0 Å². The third-order valence-electron chi connectivity index (χ3n) is 3.36. The van der Waals surface area contributed by atoms with Crippen LogP contribution in [0.2, 0.25) is 5.02 Å². The minimum atomic E-state index is -0.182. The van der Waals surface area contributed by atoms with Crippen molar-refractivity contribution >= 4 is 23.2 Å². The first-order valence-corrected chi connectivity index (χ1v) is 7.54. The predicted octanol–water partition coefficient (Wildman–Crippen LogP) is 2.47. The number of carbonyl (C=O) groups excluding carboxylic acids is 1. The van der Waals surface area contributed by atoms with Crippen LogP contribution in [0.5, 0.6) is 0 Å². The van der Waals surface area contributed by atoms with Crippen LogP contribution in [0.15, 0.2) is 18.2 Å². The summed E-state index contributed by atoms with van der Waals surface area (Å²) in [6.07, 6.45) is 0. The Labute approximate surface area is 131 Å². The molecule has 0 radical (unpaired) electrons. The fraction of sp³-hybridized carbons (Fsp3) is 0.533. The molecule has 0 spiro atoms. The van der Waals surface area contributed by atoms with Crippen LogP contribution in [0.4, 0.5) is 5.69 Å². The van der Waals surface area contributed by atoms with Crippen LogP contribution < -0.4 is 16.6 Å². The van der Waals surface area contributed by atoms with Crippen molar-refractivity contribution in [2.75, 3.05) is 18.5 Å². The van der Waals surface area contributed by atoms with Gasteiger partial charge >= 0.3 is 0 Å². The number of nitrogens with zero attached hydrogens (tertiary/aromatic N) is 1. The summed E-state index contributed by atoms with van der Waals surface area (Å²) in [4.78, 5) is 14.5. The highest BCUT2D eigenvalue weighted by atomic mass is 35.5. The van der Waals surface area contributed by atoms with Crippen molar-refractivity contribution in [3.8, 4) is 0 Å². The molecule has 21 heavy (non-hydrogen) atoms. The van der Waals surface area contributed by atoms with Gasteiger partial charge in [0.15, 0.2) is 0 Å². The fourth-order valence-electron chi connectivity index (χ4n) is 2.34.